The monoisotopic (exact) mass is 243 g/mol. The van der Waals surface area contributed by atoms with Gasteiger partial charge in [0.1, 0.15) is 17.5 Å². The van der Waals surface area contributed by atoms with Crippen molar-refractivity contribution in [3.63, 3.8) is 0 Å². The molecule has 1 aliphatic heterocycles. The molecule has 0 spiro atoms. The Hall–Kier alpha value is -2.63. The van der Waals surface area contributed by atoms with Crippen LogP contribution in [-0.2, 0) is 9.53 Å². The molecular weight excluding hydrogens is 234 g/mol. The van der Waals surface area contributed by atoms with E-state index in [1.54, 1.807) is 18.2 Å². The van der Waals surface area contributed by atoms with E-state index in [0.717, 1.165) is 0 Å². The Labute approximate surface area is 101 Å². The summed E-state index contributed by atoms with van der Waals surface area (Å²) in [6, 6.07) is 7.12. The molecule has 6 heteroatoms. The number of H-pyrrole nitrogens is 1. The highest BCUT2D eigenvalue weighted by atomic mass is 16.5. The first-order valence-electron chi connectivity index (χ1n) is 5.35. The van der Waals surface area contributed by atoms with Gasteiger partial charge in [-0.25, -0.2) is 4.98 Å². The van der Waals surface area contributed by atoms with Crippen LogP contribution in [0.5, 0.6) is 0 Å². The zero-order valence-electron chi connectivity index (χ0n) is 9.27. The van der Waals surface area contributed by atoms with Gasteiger partial charge in [-0.3, -0.25) is 9.59 Å². The topological polar surface area (TPSA) is 84.1 Å². The molecule has 2 heterocycles. The molecule has 6 nitrogen and oxygen atoms in total. The number of hydrogen-bond acceptors (Lipinski definition) is 4. The van der Waals surface area contributed by atoms with Gasteiger partial charge in [0.15, 0.2) is 6.73 Å². The summed E-state index contributed by atoms with van der Waals surface area (Å²) in [7, 11) is 0. The van der Waals surface area contributed by atoms with E-state index >= 15 is 0 Å². The third-order valence-corrected chi connectivity index (χ3v) is 2.62. The number of benzene rings is 1. The second-order valence-corrected chi connectivity index (χ2v) is 3.78. The third-order valence-electron chi connectivity index (χ3n) is 2.62. The molecule has 18 heavy (non-hydrogen) atoms. The number of rotatable bonds is 1. The van der Waals surface area contributed by atoms with Crippen LogP contribution in [0.4, 0.5) is 0 Å². The Morgan fingerprint density at radius 2 is 2.06 bits per heavy atom. The quantitative estimate of drug-likeness (QED) is 0.757. The number of hydrogen-bond donors (Lipinski definition) is 2. The molecular formula is C12H9N3O3. The van der Waals surface area contributed by atoms with Crippen molar-refractivity contribution in [2.75, 3.05) is 6.73 Å². The van der Waals surface area contributed by atoms with Gasteiger partial charge in [-0.05, 0) is 12.1 Å². The summed E-state index contributed by atoms with van der Waals surface area (Å²) in [4.78, 5) is 30.4. The van der Waals surface area contributed by atoms with E-state index in [9.17, 15) is 9.59 Å². The van der Waals surface area contributed by atoms with Crippen LogP contribution in [0.15, 0.2) is 35.3 Å². The lowest BCUT2D eigenvalue weighted by molar-refractivity contribution is -0.117. The van der Waals surface area contributed by atoms with Gasteiger partial charge in [0.25, 0.3) is 11.5 Å². The maximum absolute atomic E-state index is 11.9. The number of aromatic nitrogens is 2. The Morgan fingerprint density at radius 3 is 2.89 bits per heavy atom. The average Bonchev–Trinajstić information content (AvgIpc) is 2.39. The van der Waals surface area contributed by atoms with E-state index in [-0.39, 0.29) is 23.9 Å². The molecule has 1 aliphatic rings. The van der Waals surface area contributed by atoms with Crippen LogP contribution in [0, 0.1) is 0 Å². The molecule has 1 aromatic carbocycles. The van der Waals surface area contributed by atoms with Crippen LogP contribution in [0.25, 0.3) is 16.6 Å². The number of nitrogens with zero attached hydrogens (tertiary/aromatic N) is 1. The van der Waals surface area contributed by atoms with E-state index in [2.05, 4.69) is 15.3 Å². The fraction of sp³-hybridized carbons (Fsp3) is 0.0833. The largest absolute Gasteiger partial charge is 0.480 e. The molecule has 0 unspecified atom stereocenters. The number of aromatic amines is 1. The van der Waals surface area contributed by atoms with Crippen molar-refractivity contribution in [2.45, 2.75) is 0 Å². The SMILES string of the molecule is O=C1NCOC=C1c1nc2ccccc2[nH]c1=O. The van der Waals surface area contributed by atoms with Gasteiger partial charge < -0.3 is 15.0 Å². The summed E-state index contributed by atoms with van der Waals surface area (Å²) in [6.45, 7) is 0.105. The zero-order valence-corrected chi connectivity index (χ0v) is 9.27. The van der Waals surface area contributed by atoms with Crippen molar-refractivity contribution in [3.05, 3.63) is 46.6 Å². The van der Waals surface area contributed by atoms with Gasteiger partial charge in [-0.2, -0.15) is 0 Å². The molecule has 0 atom stereocenters. The summed E-state index contributed by atoms with van der Waals surface area (Å²) in [6.07, 6.45) is 1.26. The Balaban J connectivity index is 2.23. The predicted molar refractivity (Wildman–Crippen MR) is 64.4 cm³/mol. The number of carbonyl (C=O) groups excluding carboxylic acids is 1. The molecule has 0 fully saturated rings. The Morgan fingerprint density at radius 1 is 1.22 bits per heavy atom. The van der Waals surface area contributed by atoms with E-state index in [1.165, 1.54) is 6.26 Å². The van der Waals surface area contributed by atoms with Gasteiger partial charge in [-0.1, -0.05) is 12.1 Å². The van der Waals surface area contributed by atoms with Crippen LogP contribution < -0.4 is 10.9 Å². The molecule has 3 rings (SSSR count). The first-order chi connectivity index (χ1) is 8.75. The van der Waals surface area contributed by atoms with Crippen LogP contribution in [0.3, 0.4) is 0 Å². The minimum Gasteiger partial charge on any atom is -0.480 e. The van der Waals surface area contributed by atoms with Crippen LogP contribution >= 0.6 is 0 Å². The zero-order chi connectivity index (χ0) is 12.5. The molecule has 90 valence electrons. The van der Waals surface area contributed by atoms with Crippen molar-refractivity contribution >= 4 is 22.5 Å². The fourth-order valence-electron chi connectivity index (χ4n) is 1.76. The highest BCUT2D eigenvalue weighted by Crippen LogP contribution is 2.14. The van der Waals surface area contributed by atoms with Crippen molar-refractivity contribution < 1.29 is 9.53 Å². The number of carbonyl (C=O) groups is 1. The molecule has 1 aromatic heterocycles. The van der Waals surface area contributed by atoms with Gasteiger partial charge >= 0.3 is 0 Å². The minimum absolute atomic E-state index is 0.0610. The Kier molecular flexibility index (Phi) is 2.33. The summed E-state index contributed by atoms with van der Waals surface area (Å²) < 4.78 is 4.99. The average molecular weight is 243 g/mol. The second kappa shape index (κ2) is 3.99. The summed E-state index contributed by atoms with van der Waals surface area (Å²) in [5, 5.41) is 2.48. The van der Waals surface area contributed by atoms with Crippen LogP contribution in [-0.4, -0.2) is 22.6 Å². The number of fused-ring (bicyclic) bond motifs is 1. The smallest absolute Gasteiger partial charge is 0.275 e. The molecule has 0 radical (unpaired) electrons. The highest BCUT2D eigenvalue weighted by Gasteiger charge is 2.20. The molecule has 0 saturated carbocycles. The predicted octanol–water partition coefficient (Wildman–Crippen LogP) is 0.368. The van der Waals surface area contributed by atoms with E-state index in [4.69, 9.17) is 4.74 Å². The summed E-state index contributed by atoms with van der Waals surface area (Å²) in [5.41, 5.74) is 1.02. The fourth-order valence-corrected chi connectivity index (χ4v) is 1.76. The van der Waals surface area contributed by atoms with Crippen molar-refractivity contribution in [1.82, 2.24) is 15.3 Å². The van der Waals surface area contributed by atoms with E-state index < -0.39 is 5.56 Å². The first kappa shape index (κ1) is 10.5. The number of para-hydroxylation sites is 2. The van der Waals surface area contributed by atoms with Gasteiger partial charge in [0, 0.05) is 0 Å². The number of amides is 1. The molecule has 2 N–H and O–H groups in total. The Bertz CT molecular complexity index is 718. The standard InChI is InChI=1S/C12H9N3O3/c16-11-7(5-18-6-13-11)10-12(17)15-9-4-2-1-3-8(9)14-10/h1-5H,6H2,(H,13,16)(H,15,17). The molecule has 0 aliphatic carbocycles. The summed E-state index contributed by atoms with van der Waals surface area (Å²) >= 11 is 0. The lowest BCUT2D eigenvalue weighted by atomic mass is 10.2. The highest BCUT2D eigenvalue weighted by molar-refractivity contribution is 6.19. The number of ether oxygens (including phenoxy) is 1. The maximum Gasteiger partial charge on any atom is 0.275 e. The third kappa shape index (κ3) is 1.64. The van der Waals surface area contributed by atoms with E-state index in [0.29, 0.717) is 11.0 Å². The lowest BCUT2D eigenvalue weighted by Crippen LogP contribution is -2.32. The van der Waals surface area contributed by atoms with Crippen LogP contribution in [0.1, 0.15) is 5.69 Å². The molecule has 1 amide bonds. The molecule has 0 saturated heterocycles. The lowest BCUT2D eigenvalue weighted by Gasteiger charge is -2.13. The van der Waals surface area contributed by atoms with Crippen molar-refractivity contribution in [1.29, 1.82) is 0 Å². The van der Waals surface area contributed by atoms with Crippen molar-refractivity contribution in [3.8, 4) is 0 Å². The van der Waals surface area contributed by atoms with E-state index in [1.807, 2.05) is 6.07 Å². The van der Waals surface area contributed by atoms with Crippen molar-refractivity contribution in [2.24, 2.45) is 0 Å². The minimum atomic E-state index is -0.416. The molecule has 0 bridgehead atoms. The first-order valence-corrected chi connectivity index (χ1v) is 5.35. The van der Waals surface area contributed by atoms with Gasteiger partial charge in [-0.15, -0.1) is 0 Å². The summed E-state index contributed by atoms with van der Waals surface area (Å²) in [5.74, 6) is -0.366. The second-order valence-electron chi connectivity index (χ2n) is 3.78. The normalized spacial score (nSPS) is 14.9. The maximum atomic E-state index is 11.9. The van der Waals surface area contributed by atoms with Gasteiger partial charge in [0.2, 0.25) is 0 Å². The van der Waals surface area contributed by atoms with Gasteiger partial charge in [0.05, 0.1) is 11.0 Å². The number of nitrogens with one attached hydrogen (secondary N) is 2. The molecule has 2 aromatic rings. The van der Waals surface area contributed by atoms with Crippen LogP contribution in [0.2, 0.25) is 0 Å².